The number of halogens is 1. The molecule has 0 saturated heterocycles. The third kappa shape index (κ3) is 3.65. The van der Waals surface area contributed by atoms with Crippen LogP contribution in [0.4, 0.5) is 0 Å². The normalized spacial score (nSPS) is 10.7. The molecule has 0 amide bonds. The number of rotatable bonds is 4. The van der Waals surface area contributed by atoms with Gasteiger partial charge in [0.25, 0.3) is 0 Å². The number of thiazole rings is 1. The Kier molecular flexibility index (Phi) is 4.53. The fourth-order valence-corrected chi connectivity index (χ4v) is 3.38. The number of carbonyl (C=O) groups excluding carboxylic acids is 1. The van der Waals surface area contributed by atoms with Gasteiger partial charge in [0, 0.05) is 0 Å². The van der Waals surface area contributed by atoms with Gasteiger partial charge in [0.15, 0.2) is 3.92 Å². The summed E-state index contributed by atoms with van der Waals surface area (Å²) in [5.74, 6) is -0.407. The van der Waals surface area contributed by atoms with Crippen LogP contribution in [-0.4, -0.2) is 25.9 Å². The molecule has 23 heavy (non-hydrogen) atoms. The Hall–Kier alpha value is -2.06. The fraction of sp³-hybridized carbons (Fsp3) is 0.200. The van der Waals surface area contributed by atoms with Gasteiger partial charge in [-0.15, -0.1) is 5.10 Å². The maximum atomic E-state index is 12.0. The number of nitrogens with zero attached hydrogens (tertiary/aromatic N) is 4. The molecule has 0 atom stereocenters. The Labute approximate surface area is 145 Å². The molecule has 0 aliphatic heterocycles. The van der Waals surface area contributed by atoms with E-state index in [1.165, 1.54) is 16.9 Å². The molecule has 0 unspecified atom stereocenters. The molecule has 1 aromatic carbocycles. The Balaban J connectivity index is 1.66. The van der Waals surface area contributed by atoms with Gasteiger partial charge >= 0.3 is 5.97 Å². The van der Waals surface area contributed by atoms with Crippen molar-refractivity contribution in [2.45, 2.75) is 20.5 Å². The SMILES string of the molecule is Cc1ccc(-n2cc(COC(=O)c3sc(Br)nc3C)nn2)cc1. The van der Waals surface area contributed by atoms with Crippen LogP contribution >= 0.6 is 27.3 Å². The second-order valence-electron chi connectivity index (χ2n) is 4.95. The molecule has 0 radical (unpaired) electrons. The van der Waals surface area contributed by atoms with E-state index in [0.717, 1.165) is 5.69 Å². The molecular formula is C15H13BrN4O2S. The maximum absolute atomic E-state index is 12.0. The van der Waals surface area contributed by atoms with Crippen LogP contribution in [0.2, 0.25) is 0 Å². The second-order valence-corrected chi connectivity index (χ2v) is 7.22. The minimum absolute atomic E-state index is 0.0691. The number of aryl methyl sites for hydroxylation is 2. The Morgan fingerprint density at radius 2 is 2.04 bits per heavy atom. The van der Waals surface area contributed by atoms with Gasteiger partial charge in [0.05, 0.1) is 17.6 Å². The Morgan fingerprint density at radius 3 is 2.70 bits per heavy atom. The third-order valence-electron chi connectivity index (χ3n) is 3.15. The molecule has 3 aromatic rings. The number of esters is 1. The molecule has 0 aliphatic carbocycles. The van der Waals surface area contributed by atoms with Crippen molar-refractivity contribution in [3.05, 3.63) is 56.2 Å². The number of benzene rings is 1. The standard InChI is InChI=1S/C15H13BrN4O2S/c1-9-3-5-12(6-4-9)20-7-11(18-19-20)8-22-14(21)13-10(2)17-15(16)23-13/h3-7H,8H2,1-2H3. The Bertz CT molecular complexity index is 842. The van der Waals surface area contributed by atoms with E-state index in [9.17, 15) is 4.79 Å². The first-order valence-corrected chi connectivity index (χ1v) is 8.42. The van der Waals surface area contributed by atoms with E-state index in [-0.39, 0.29) is 6.61 Å². The van der Waals surface area contributed by atoms with Crippen molar-refractivity contribution in [2.24, 2.45) is 0 Å². The Morgan fingerprint density at radius 1 is 1.30 bits per heavy atom. The molecule has 8 heteroatoms. The molecule has 118 valence electrons. The highest BCUT2D eigenvalue weighted by Gasteiger charge is 2.16. The molecule has 2 aromatic heterocycles. The van der Waals surface area contributed by atoms with Gasteiger partial charge < -0.3 is 4.74 Å². The van der Waals surface area contributed by atoms with Crippen LogP contribution in [0.25, 0.3) is 5.69 Å². The molecule has 0 saturated carbocycles. The van der Waals surface area contributed by atoms with E-state index >= 15 is 0 Å². The molecule has 6 nitrogen and oxygen atoms in total. The van der Waals surface area contributed by atoms with Crippen LogP contribution in [0, 0.1) is 13.8 Å². The first-order chi connectivity index (χ1) is 11.0. The lowest BCUT2D eigenvalue weighted by Gasteiger charge is -2.01. The molecule has 0 fully saturated rings. The van der Waals surface area contributed by atoms with E-state index in [4.69, 9.17) is 4.74 Å². The summed E-state index contributed by atoms with van der Waals surface area (Å²) in [6, 6.07) is 7.91. The monoisotopic (exact) mass is 392 g/mol. The van der Waals surface area contributed by atoms with Crippen molar-refractivity contribution >= 4 is 33.2 Å². The summed E-state index contributed by atoms with van der Waals surface area (Å²) in [7, 11) is 0. The summed E-state index contributed by atoms with van der Waals surface area (Å²) < 4.78 is 7.58. The van der Waals surface area contributed by atoms with Crippen LogP contribution in [0.15, 0.2) is 34.4 Å². The number of hydrogen-bond acceptors (Lipinski definition) is 6. The largest absolute Gasteiger partial charge is 0.455 e. The average molecular weight is 393 g/mol. The lowest BCUT2D eigenvalue weighted by atomic mass is 10.2. The van der Waals surface area contributed by atoms with Crippen molar-refractivity contribution in [2.75, 3.05) is 0 Å². The molecule has 0 spiro atoms. The summed E-state index contributed by atoms with van der Waals surface area (Å²) >= 11 is 4.51. The topological polar surface area (TPSA) is 69.9 Å². The maximum Gasteiger partial charge on any atom is 0.350 e. The van der Waals surface area contributed by atoms with Gasteiger partial charge in [0.2, 0.25) is 0 Å². The van der Waals surface area contributed by atoms with E-state index in [1.807, 2.05) is 31.2 Å². The van der Waals surface area contributed by atoms with Crippen LogP contribution in [0.3, 0.4) is 0 Å². The predicted molar refractivity (Wildman–Crippen MR) is 89.8 cm³/mol. The molecule has 0 N–H and O–H groups in total. The lowest BCUT2D eigenvalue weighted by Crippen LogP contribution is -2.05. The fourth-order valence-electron chi connectivity index (χ4n) is 1.95. The van der Waals surface area contributed by atoms with Gasteiger partial charge in [-0.2, -0.15) is 0 Å². The minimum atomic E-state index is -0.407. The van der Waals surface area contributed by atoms with Crippen LogP contribution in [0.1, 0.15) is 26.6 Å². The number of ether oxygens (including phenoxy) is 1. The van der Waals surface area contributed by atoms with Gasteiger partial charge in [-0.25, -0.2) is 14.5 Å². The summed E-state index contributed by atoms with van der Waals surface area (Å²) in [4.78, 5) is 16.7. The lowest BCUT2D eigenvalue weighted by molar-refractivity contribution is 0.0472. The zero-order chi connectivity index (χ0) is 16.4. The molecule has 0 bridgehead atoms. The summed E-state index contributed by atoms with van der Waals surface area (Å²) in [5.41, 5.74) is 3.31. The van der Waals surface area contributed by atoms with Gasteiger partial charge in [-0.05, 0) is 41.9 Å². The average Bonchev–Trinajstić information content (AvgIpc) is 3.12. The number of hydrogen-bond donors (Lipinski definition) is 0. The summed E-state index contributed by atoms with van der Waals surface area (Å²) in [5, 5.41) is 8.07. The van der Waals surface area contributed by atoms with E-state index in [1.54, 1.807) is 17.8 Å². The number of carbonyl (C=O) groups is 1. The first kappa shape index (κ1) is 15.8. The zero-order valence-electron chi connectivity index (χ0n) is 12.5. The molecule has 0 aliphatic rings. The van der Waals surface area contributed by atoms with Gasteiger partial charge in [0.1, 0.15) is 17.2 Å². The zero-order valence-corrected chi connectivity index (χ0v) is 14.9. The quantitative estimate of drug-likeness (QED) is 0.635. The molecule has 3 rings (SSSR count). The van der Waals surface area contributed by atoms with E-state index < -0.39 is 5.97 Å². The summed E-state index contributed by atoms with van der Waals surface area (Å²) in [6.45, 7) is 3.86. The van der Waals surface area contributed by atoms with Crippen molar-refractivity contribution < 1.29 is 9.53 Å². The van der Waals surface area contributed by atoms with Crippen LogP contribution in [0.5, 0.6) is 0 Å². The smallest absolute Gasteiger partial charge is 0.350 e. The summed E-state index contributed by atoms with van der Waals surface area (Å²) in [6.07, 6.45) is 1.74. The molecule has 2 heterocycles. The second kappa shape index (κ2) is 6.59. The van der Waals surface area contributed by atoms with Gasteiger partial charge in [-0.3, -0.25) is 0 Å². The highest BCUT2D eigenvalue weighted by atomic mass is 79.9. The van der Waals surface area contributed by atoms with Crippen molar-refractivity contribution in [3.8, 4) is 5.69 Å². The van der Waals surface area contributed by atoms with E-state index in [2.05, 4.69) is 31.2 Å². The van der Waals surface area contributed by atoms with Crippen LogP contribution in [-0.2, 0) is 11.3 Å². The highest BCUT2D eigenvalue weighted by Crippen LogP contribution is 2.23. The number of aromatic nitrogens is 4. The predicted octanol–water partition coefficient (Wildman–Crippen LogP) is 3.46. The van der Waals surface area contributed by atoms with Crippen molar-refractivity contribution in [1.82, 2.24) is 20.0 Å². The third-order valence-corrected chi connectivity index (χ3v) is 4.74. The van der Waals surface area contributed by atoms with Crippen LogP contribution < -0.4 is 0 Å². The van der Waals surface area contributed by atoms with Gasteiger partial charge in [-0.1, -0.05) is 34.2 Å². The molecular weight excluding hydrogens is 380 g/mol. The first-order valence-electron chi connectivity index (χ1n) is 6.81. The minimum Gasteiger partial charge on any atom is -0.455 e. The highest BCUT2D eigenvalue weighted by molar-refractivity contribution is 9.11. The van der Waals surface area contributed by atoms with Crippen molar-refractivity contribution in [3.63, 3.8) is 0 Å². The van der Waals surface area contributed by atoms with E-state index in [0.29, 0.717) is 20.2 Å². The van der Waals surface area contributed by atoms with Crippen molar-refractivity contribution in [1.29, 1.82) is 0 Å².